The van der Waals surface area contributed by atoms with Crippen LogP contribution in [0.25, 0.3) is 0 Å². The predicted molar refractivity (Wildman–Crippen MR) is 91.9 cm³/mol. The van der Waals surface area contributed by atoms with Crippen molar-refractivity contribution in [2.75, 3.05) is 6.26 Å². The highest BCUT2D eigenvalue weighted by Crippen LogP contribution is 2.26. The van der Waals surface area contributed by atoms with Gasteiger partial charge in [0.15, 0.2) is 9.84 Å². The number of halogens is 3. The fourth-order valence-corrected chi connectivity index (χ4v) is 3.33. The van der Waals surface area contributed by atoms with Crippen LogP contribution in [-0.4, -0.2) is 20.6 Å². The maximum Gasteiger partial charge on any atom is 0.254 e. The van der Waals surface area contributed by atoms with Gasteiger partial charge in [0.2, 0.25) is 0 Å². The summed E-state index contributed by atoms with van der Waals surface area (Å²) in [5.74, 6) is -1.55. The molecule has 0 aliphatic carbocycles. The third-order valence-electron chi connectivity index (χ3n) is 3.39. The zero-order valence-corrected chi connectivity index (χ0v) is 15.1. The van der Waals surface area contributed by atoms with Crippen LogP contribution in [0, 0.1) is 5.82 Å². The minimum absolute atomic E-state index is 0.133. The van der Waals surface area contributed by atoms with Crippen molar-refractivity contribution in [3.05, 3.63) is 63.4 Å². The number of amides is 1. The van der Waals surface area contributed by atoms with Crippen LogP contribution >= 0.6 is 23.2 Å². The number of nitrogens with one attached hydrogen (secondary N) is 1. The van der Waals surface area contributed by atoms with Crippen molar-refractivity contribution in [1.82, 2.24) is 5.32 Å². The molecule has 2 aromatic carbocycles. The van der Waals surface area contributed by atoms with Crippen LogP contribution in [0.1, 0.15) is 28.9 Å². The van der Waals surface area contributed by atoms with Crippen LogP contribution < -0.4 is 5.32 Å². The van der Waals surface area contributed by atoms with Gasteiger partial charge in [-0.3, -0.25) is 4.79 Å². The van der Waals surface area contributed by atoms with Crippen molar-refractivity contribution in [1.29, 1.82) is 0 Å². The van der Waals surface area contributed by atoms with Gasteiger partial charge in [-0.05, 0) is 42.8 Å². The third-order valence-corrected chi connectivity index (χ3v) is 5.06. The molecular formula is C16H14Cl2FNO3S. The number of carbonyl (C=O) groups excluding carboxylic acids is 1. The Balaban J connectivity index is 2.29. The number of benzene rings is 2. The first-order chi connectivity index (χ1) is 11.1. The molecule has 2 rings (SSSR count). The highest BCUT2D eigenvalue weighted by molar-refractivity contribution is 7.90. The van der Waals surface area contributed by atoms with Gasteiger partial charge in [-0.15, -0.1) is 0 Å². The molecule has 0 aromatic heterocycles. The Morgan fingerprint density at radius 1 is 1.17 bits per heavy atom. The molecular weight excluding hydrogens is 376 g/mol. The second-order valence-electron chi connectivity index (χ2n) is 5.27. The van der Waals surface area contributed by atoms with E-state index in [9.17, 15) is 17.6 Å². The Labute approximate surface area is 149 Å². The van der Waals surface area contributed by atoms with Crippen LogP contribution in [0.3, 0.4) is 0 Å². The van der Waals surface area contributed by atoms with Crippen molar-refractivity contribution in [3.63, 3.8) is 0 Å². The second-order valence-corrected chi connectivity index (χ2v) is 8.13. The smallest absolute Gasteiger partial charge is 0.254 e. The summed E-state index contributed by atoms with van der Waals surface area (Å²) >= 11 is 11.9. The number of carbonyl (C=O) groups is 1. The molecule has 128 valence electrons. The number of rotatable bonds is 4. The number of hydrogen-bond donors (Lipinski definition) is 1. The van der Waals surface area contributed by atoms with Gasteiger partial charge in [0, 0.05) is 16.3 Å². The maximum atomic E-state index is 13.9. The Hall–Kier alpha value is -1.63. The molecule has 0 unspecified atom stereocenters. The summed E-state index contributed by atoms with van der Waals surface area (Å²) in [7, 11) is -3.55. The molecule has 0 spiro atoms. The molecule has 1 atom stereocenters. The lowest BCUT2D eigenvalue weighted by Gasteiger charge is -2.16. The topological polar surface area (TPSA) is 63.2 Å². The lowest BCUT2D eigenvalue weighted by Crippen LogP contribution is -2.27. The molecule has 8 heteroatoms. The molecule has 0 radical (unpaired) electrons. The Morgan fingerprint density at radius 3 is 2.42 bits per heavy atom. The molecule has 0 saturated heterocycles. The van der Waals surface area contributed by atoms with Crippen molar-refractivity contribution in [2.45, 2.75) is 17.9 Å². The van der Waals surface area contributed by atoms with Crippen molar-refractivity contribution in [2.24, 2.45) is 0 Å². The van der Waals surface area contributed by atoms with E-state index in [-0.39, 0.29) is 10.5 Å². The van der Waals surface area contributed by atoms with E-state index < -0.39 is 27.6 Å². The third kappa shape index (κ3) is 4.26. The minimum atomic E-state index is -3.55. The first-order valence-corrected chi connectivity index (χ1v) is 9.49. The highest BCUT2D eigenvalue weighted by atomic mass is 35.5. The average molecular weight is 390 g/mol. The Kier molecular flexibility index (Phi) is 5.52. The molecule has 2 aromatic rings. The summed E-state index contributed by atoms with van der Waals surface area (Å²) in [5.41, 5.74) is 0.254. The normalized spacial score (nSPS) is 12.7. The first-order valence-electron chi connectivity index (χ1n) is 6.85. The van der Waals surface area contributed by atoms with E-state index in [1.807, 2.05) is 0 Å². The molecule has 0 saturated carbocycles. The fourth-order valence-electron chi connectivity index (χ4n) is 2.11. The summed E-state index contributed by atoms with van der Waals surface area (Å²) in [5, 5.41) is 3.41. The van der Waals surface area contributed by atoms with Crippen LogP contribution in [0.4, 0.5) is 4.39 Å². The van der Waals surface area contributed by atoms with Crippen molar-refractivity contribution in [3.8, 4) is 0 Å². The maximum absolute atomic E-state index is 13.9. The summed E-state index contributed by atoms with van der Waals surface area (Å²) in [6.45, 7) is 1.67. The SMILES string of the molecule is C[C@H](NC(=O)c1cc(S(C)(=O)=O)ccc1F)c1ccc(Cl)cc1Cl. The highest BCUT2D eigenvalue weighted by Gasteiger charge is 2.19. The average Bonchev–Trinajstić information content (AvgIpc) is 2.45. The van der Waals surface area contributed by atoms with Gasteiger partial charge in [-0.2, -0.15) is 0 Å². The lowest BCUT2D eigenvalue weighted by atomic mass is 10.1. The number of sulfone groups is 1. The van der Waals surface area contributed by atoms with E-state index in [0.717, 1.165) is 24.5 Å². The molecule has 0 aliphatic heterocycles. The van der Waals surface area contributed by atoms with Crippen LogP contribution in [0.2, 0.25) is 10.0 Å². The van der Waals surface area contributed by atoms with E-state index in [2.05, 4.69) is 5.32 Å². The monoisotopic (exact) mass is 389 g/mol. The molecule has 0 aliphatic rings. The first kappa shape index (κ1) is 18.7. The standard InChI is InChI=1S/C16H14Cl2FNO3S/c1-9(12-5-3-10(17)7-14(12)18)20-16(21)13-8-11(24(2,22)23)4-6-15(13)19/h3-9H,1-2H3,(H,20,21)/t9-/m0/s1. The molecule has 0 fully saturated rings. The van der Waals surface area contributed by atoms with Gasteiger partial charge < -0.3 is 5.32 Å². The van der Waals surface area contributed by atoms with Gasteiger partial charge in [0.05, 0.1) is 16.5 Å². The van der Waals surface area contributed by atoms with E-state index in [4.69, 9.17) is 23.2 Å². The summed E-state index contributed by atoms with van der Waals surface area (Å²) in [6.07, 6.45) is 0.984. The van der Waals surface area contributed by atoms with Crippen molar-refractivity contribution >= 4 is 38.9 Å². The van der Waals surface area contributed by atoms with Gasteiger partial charge in [0.1, 0.15) is 5.82 Å². The van der Waals surface area contributed by atoms with E-state index in [1.165, 1.54) is 6.07 Å². The largest absolute Gasteiger partial charge is 0.345 e. The summed E-state index contributed by atoms with van der Waals surface area (Å²) in [6, 6.07) is 7.35. The molecule has 1 amide bonds. The zero-order chi connectivity index (χ0) is 18.1. The Morgan fingerprint density at radius 2 is 1.83 bits per heavy atom. The van der Waals surface area contributed by atoms with Crippen LogP contribution in [0.15, 0.2) is 41.3 Å². The second kappa shape index (κ2) is 7.09. The molecule has 4 nitrogen and oxygen atoms in total. The van der Waals surface area contributed by atoms with Gasteiger partial charge in [-0.25, -0.2) is 12.8 Å². The lowest BCUT2D eigenvalue weighted by molar-refractivity contribution is 0.0935. The van der Waals surface area contributed by atoms with Gasteiger partial charge in [0.25, 0.3) is 5.91 Å². The quantitative estimate of drug-likeness (QED) is 0.802. The van der Waals surface area contributed by atoms with E-state index in [1.54, 1.807) is 19.1 Å². The molecule has 0 heterocycles. The molecule has 0 bridgehead atoms. The molecule has 24 heavy (non-hydrogen) atoms. The van der Waals surface area contributed by atoms with Gasteiger partial charge >= 0.3 is 0 Å². The van der Waals surface area contributed by atoms with Gasteiger partial charge in [-0.1, -0.05) is 29.3 Å². The number of hydrogen-bond acceptors (Lipinski definition) is 3. The zero-order valence-electron chi connectivity index (χ0n) is 12.8. The van der Waals surface area contributed by atoms with Crippen molar-refractivity contribution < 1.29 is 17.6 Å². The fraction of sp³-hybridized carbons (Fsp3) is 0.188. The summed E-state index contributed by atoms with van der Waals surface area (Å²) < 4.78 is 37.0. The van der Waals surface area contributed by atoms with E-state index >= 15 is 0 Å². The Bertz CT molecular complexity index is 900. The molecule has 1 N–H and O–H groups in total. The van der Waals surface area contributed by atoms with Crippen LogP contribution in [-0.2, 0) is 9.84 Å². The van der Waals surface area contributed by atoms with E-state index in [0.29, 0.717) is 15.6 Å². The van der Waals surface area contributed by atoms with Crippen LogP contribution in [0.5, 0.6) is 0 Å². The minimum Gasteiger partial charge on any atom is -0.345 e. The predicted octanol–water partition coefficient (Wildman–Crippen LogP) is 4.03. The summed E-state index contributed by atoms with van der Waals surface area (Å²) in [4.78, 5) is 12.2.